The maximum atomic E-state index is 5.63. The summed E-state index contributed by atoms with van der Waals surface area (Å²) in [6, 6.07) is -0.0651. The fraction of sp³-hybridized carbons (Fsp3) is 0.333. The number of nitrogens with one attached hydrogen (secondary N) is 1. The summed E-state index contributed by atoms with van der Waals surface area (Å²) in [6.07, 6.45) is 6.87. The van der Waals surface area contributed by atoms with E-state index in [2.05, 4.69) is 21.2 Å². The zero-order chi connectivity index (χ0) is 9.84. The zero-order valence-electron chi connectivity index (χ0n) is 7.50. The highest BCUT2D eigenvalue weighted by atomic mass is 35.5. The van der Waals surface area contributed by atoms with E-state index < -0.39 is 0 Å². The summed E-state index contributed by atoms with van der Waals surface area (Å²) in [5.41, 5.74) is 0.923. The molecule has 1 heterocycles. The molecule has 0 aliphatic carbocycles. The maximum Gasteiger partial charge on any atom is 0.224 e. The highest BCUT2D eigenvalue weighted by Gasteiger charge is 2.03. The van der Waals surface area contributed by atoms with Crippen LogP contribution in [-0.4, -0.2) is 16.0 Å². The molecule has 1 aromatic heterocycles. The second-order valence-corrected chi connectivity index (χ2v) is 3.04. The van der Waals surface area contributed by atoms with Gasteiger partial charge in [-0.2, -0.15) is 0 Å². The summed E-state index contributed by atoms with van der Waals surface area (Å²) in [4.78, 5) is 7.84. The van der Waals surface area contributed by atoms with E-state index in [1.165, 1.54) is 0 Å². The molecule has 0 amide bonds. The maximum absolute atomic E-state index is 5.63. The van der Waals surface area contributed by atoms with Gasteiger partial charge in [-0.15, -0.1) is 6.42 Å². The van der Waals surface area contributed by atoms with Crippen LogP contribution in [0.15, 0.2) is 6.20 Å². The first-order valence-electron chi connectivity index (χ1n) is 3.85. The van der Waals surface area contributed by atoms with E-state index in [0.717, 1.165) is 5.56 Å². The average molecular weight is 196 g/mol. The second-order valence-electron chi connectivity index (χ2n) is 2.70. The van der Waals surface area contributed by atoms with Crippen LogP contribution in [0.3, 0.4) is 0 Å². The minimum absolute atomic E-state index is 0.0651. The first-order chi connectivity index (χ1) is 6.13. The predicted molar refractivity (Wildman–Crippen MR) is 53.7 cm³/mol. The Kier molecular flexibility index (Phi) is 3.10. The minimum atomic E-state index is -0.0651. The molecule has 4 heteroatoms. The molecule has 68 valence electrons. The van der Waals surface area contributed by atoms with E-state index in [-0.39, 0.29) is 11.3 Å². The van der Waals surface area contributed by atoms with Gasteiger partial charge < -0.3 is 5.32 Å². The Morgan fingerprint density at radius 2 is 2.38 bits per heavy atom. The third kappa shape index (κ3) is 2.60. The number of aryl methyl sites for hydroxylation is 1. The van der Waals surface area contributed by atoms with Crippen molar-refractivity contribution < 1.29 is 0 Å². The molecule has 0 aliphatic heterocycles. The van der Waals surface area contributed by atoms with E-state index in [0.29, 0.717) is 5.82 Å². The summed E-state index contributed by atoms with van der Waals surface area (Å²) >= 11 is 5.63. The molecule has 1 unspecified atom stereocenters. The molecule has 0 spiro atoms. The third-order valence-electron chi connectivity index (χ3n) is 1.55. The molecule has 0 saturated carbocycles. The molecular weight excluding hydrogens is 186 g/mol. The second kappa shape index (κ2) is 4.11. The SMILES string of the molecule is C#CC(C)Nc1nc(Cl)ncc1C. The number of terminal acetylenes is 1. The van der Waals surface area contributed by atoms with Crippen molar-refractivity contribution in [3.63, 3.8) is 0 Å². The van der Waals surface area contributed by atoms with Gasteiger partial charge in [0.2, 0.25) is 5.28 Å². The van der Waals surface area contributed by atoms with Crippen LogP contribution in [0, 0.1) is 19.3 Å². The Labute approximate surface area is 82.5 Å². The molecule has 0 aliphatic rings. The summed E-state index contributed by atoms with van der Waals surface area (Å²) in [5, 5.41) is 3.25. The largest absolute Gasteiger partial charge is 0.356 e. The van der Waals surface area contributed by atoms with Crippen LogP contribution >= 0.6 is 11.6 Å². The Morgan fingerprint density at radius 1 is 1.69 bits per heavy atom. The van der Waals surface area contributed by atoms with Crippen molar-refractivity contribution in [1.82, 2.24) is 9.97 Å². The number of aromatic nitrogens is 2. The fourth-order valence-corrected chi connectivity index (χ4v) is 0.947. The molecule has 0 fully saturated rings. The Balaban J connectivity index is 2.88. The quantitative estimate of drug-likeness (QED) is 0.579. The van der Waals surface area contributed by atoms with Crippen molar-refractivity contribution in [3.05, 3.63) is 17.0 Å². The van der Waals surface area contributed by atoms with Gasteiger partial charge in [-0.3, -0.25) is 0 Å². The minimum Gasteiger partial charge on any atom is -0.356 e. The number of halogens is 1. The van der Waals surface area contributed by atoms with Gasteiger partial charge in [0.1, 0.15) is 5.82 Å². The van der Waals surface area contributed by atoms with Gasteiger partial charge in [-0.05, 0) is 25.4 Å². The third-order valence-corrected chi connectivity index (χ3v) is 1.73. The predicted octanol–water partition coefficient (Wildman–Crippen LogP) is 1.87. The Hall–Kier alpha value is -1.27. The van der Waals surface area contributed by atoms with E-state index >= 15 is 0 Å². The number of nitrogens with zero attached hydrogens (tertiary/aromatic N) is 2. The Bertz CT molecular complexity index is 343. The first-order valence-corrected chi connectivity index (χ1v) is 4.23. The molecule has 1 rings (SSSR count). The molecular formula is C9H10ClN3. The van der Waals surface area contributed by atoms with Crippen LogP contribution in [0.5, 0.6) is 0 Å². The number of rotatable bonds is 2. The highest BCUT2D eigenvalue weighted by Crippen LogP contribution is 2.13. The monoisotopic (exact) mass is 195 g/mol. The number of hydrogen-bond donors (Lipinski definition) is 1. The molecule has 1 aromatic rings. The molecule has 0 radical (unpaired) electrons. The van der Waals surface area contributed by atoms with E-state index in [1.807, 2.05) is 13.8 Å². The van der Waals surface area contributed by atoms with Gasteiger partial charge in [-0.25, -0.2) is 9.97 Å². The molecule has 3 nitrogen and oxygen atoms in total. The lowest BCUT2D eigenvalue weighted by Gasteiger charge is -2.10. The summed E-state index contributed by atoms with van der Waals surface area (Å²) in [7, 11) is 0. The molecule has 13 heavy (non-hydrogen) atoms. The molecule has 0 saturated heterocycles. The van der Waals surface area contributed by atoms with Gasteiger partial charge in [0.25, 0.3) is 0 Å². The zero-order valence-corrected chi connectivity index (χ0v) is 8.26. The lowest BCUT2D eigenvalue weighted by atomic mass is 10.3. The summed E-state index contributed by atoms with van der Waals surface area (Å²) in [5.74, 6) is 3.23. The molecule has 1 atom stereocenters. The van der Waals surface area contributed by atoms with Gasteiger partial charge in [-0.1, -0.05) is 5.92 Å². The van der Waals surface area contributed by atoms with Crippen LogP contribution in [-0.2, 0) is 0 Å². The molecule has 0 aromatic carbocycles. The smallest absolute Gasteiger partial charge is 0.224 e. The average Bonchev–Trinajstić information content (AvgIpc) is 2.11. The summed E-state index contributed by atoms with van der Waals surface area (Å²) in [6.45, 7) is 3.76. The Morgan fingerprint density at radius 3 is 3.00 bits per heavy atom. The molecule has 0 bridgehead atoms. The van der Waals surface area contributed by atoms with Crippen molar-refractivity contribution in [2.45, 2.75) is 19.9 Å². The number of hydrogen-bond acceptors (Lipinski definition) is 3. The molecule has 1 N–H and O–H groups in total. The highest BCUT2D eigenvalue weighted by molar-refractivity contribution is 6.28. The van der Waals surface area contributed by atoms with E-state index in [1.54, 1.807) is 6.20 Å². The van der Waals surface area contributed by atoms with Gasteiger partial charge in [0.15, 0.2) is 0 Å². The normalized spacial score (nSPS) is 11.8. The van der Waals surface area contributed by atoms with Crippen molar-refractivity contribution in [1.29, 1.82) is 0 Å². The topological polar surface area (TPSA) is 37.8 Å². The van der Waals surface area contributed by atoms with Crippen LogP contribution in [0.2, 0.25) is 5.28 Å². The lowest BCUT2D eigenvalue weighted by molar-refractivity contribution is 0.993. The van der Waals surface area contributed by atoms with Crippen molar-refractivity contribution in [2.24, 2.45) is 0 Å². The van der Waals surface area contributed by atoms with Gasteiger partial charge in [0, 0.05) is 11.8 Å². The summed E-state index contributed by atoms with van der Waals surface area (Å²) < 4.78 is 0. The standard InChI is InChI=1S/C9H10ClN3/c1-4-7(3)12-8-6(2)5-11-9(10)13-8/h1,5,7H,2-3H3,(H,11,12,13). The number of anilines is 1. The van der Waals surface area contributed by atoms with Crippen LogP contribution in [0.1, 0.15) is 12.5 Å². The van der Waals surface area contributed by atoms with Crippen molar-refractivity contribution >= 4 is 17.4 Å². The lowest BCUT2D eigenvalue weighted by Crippen LogP contribution is -2.14. The van der Waals surface area contributed by atoms with Gasteiger partial charge in [0.05, 0.1) is 6.04 Å². The van der Waals surface area contributed by atoms with Crippen molar-refractivity contribution in [2.75, 3.05) is 5.32 Å². The first kappa shape index (κ1) is 9.82. The van der Waals surface area contributed by atoms with Crippen LogP contribution < -0.4 is 5.32 Å². The van der Waals surface area contributed by atoms with Crippen molar-refractivity contribution in [3.8, 4) is 12.3 Å². The van der Waals surface area contributed by atoms with Gasteiger partial charge >= 0.3 is 0 Å². The van der Waals surface area contributed by atoms with Crippen LogP contribution in [0.4, 0.5) is 5.82 Å². The van der Waals surface area contributed by atoms with E-state index in [4.69, 9.17) is 18.0 Å². The van der Waals surface area contributed by atoms with Crippen LogP contribution in [0.25, 0.3) is 0 Å². The fourth-order valence-electron chi connectivity index (χ4n) is 0.813. The van der Waals surface area contributed by atoms with E-state index in [9.17, 15) is 0 Å².